The largest absolute Gasteiger partial charge is 0.497 e. The molecule has 2 rings (SSSR count). The van der Waals surface area contributed by atoms with Crippen molar-refractivity contribution in [2.45, 2.75) is 25.6 Å². The summed E-state index contributed by atoms with van der Waals surface area (Å²) in [6.07, 6.45) is -0.937. The normalized spacial score (nSPS) is 12.8. The molecular weight excluding hydrogens is 320 g/mol. The second kappa shape index (κ2) is 8.94. The molecule has 2 amide bonds. The Morgan fingerprint density at radius 2 is 1.84 bits per heavy atom. The second-order valence-corrected chi connectivity index (χ2v) is 5.65. The SMILES string of the molecule is COc1ccc(OC)c(C(O)C(C)NC(=O)NCc2ccccc2)c1. The van der Waals surface area contributed by atoms with Crippen LogP contribution in [0.1, 0.15) is 24.2 Å². The summed E-state index contributed by atoms with van der Waals surface area (Å²) in [6.45, 7) is 2.14. The molecule has 134 valence electrons. The number of nitrogens with one attached hydrogen (secondary N) is 2. The van der Waals surface area contributed by atoms with E-state index in [0.29, 0.717) is 23.6 Å². The topological polar surface area (TPSA) is 79.8 Å². The Morgan fingerprint density at radius 1 is 1.12 bits per heavy atom. The molecule has 6 heteroatoms. The van der Waals surface area contributed by atoms with Crippen molar-refractivity contribution < 1.29 is 19.4 Å². The smallest absolute Gasteiger partial charge is 0.315 e. The number of urea groups is 1. The van der Waals surface area contributed by atoms with Crippen molar-refractivity contribution in [1.82, 2.24) is 10.6 Å². The molecule has 0 saturated carbocycles. The Hall–Kier alpha value is -2.73. The Kier molecular flexibility index (Phi) is 6.65. The predicted octanol–water partition coefficient (Wildman–Crippen LogP) is 2.63. The highest BCUT2D eigenvalue weighted by atomic mass is 16.5. The molecule has 0 aliphatic carbocycles. The molecule has 25 heavy (non-hydrogen) atoms. The van der Waals surface area contributed by atoms with Crippen LogP contribution in [0, 0.1) is 0 Å². The van der Waals surface area contributed by atoms with Gasteiger partial charge in [-0.1, -0.05) is 30.3 Å². The van der Waals surface area contributed by atoms with Crippen molar-refractivity contribution in [1.29, 1.82) is 0 Å². The molecule has 3 N–H and O–H groups in total. The number of ether oxygens (including phenoxy) is 2. The predicted molar refractivity (Wildman–Crippen MR) is 95.8 cm³/mol. The van der Waals surface area contributed by atoms with Gasteiger partial charge in [0.05, 0.1) is 20.3 Å². The first-order valence-corrected chi connectivity index (χ1v) is 8.03. The van der Waals surface area contributed by atoms with Crippen LogP contribution in [0.4, 0.5) is 4.79 Å². The van der Waals surface area contributed by atoms with E-state index in [1.807, 2.05) is 30.3 Å². The monoisotopic (exact) mass is 344 g/mol. The number of rotatable bonds is 7. The molecule has 0 heterocycles. The van der Waals surface area contributed by atoms with E-state index in [1.54, 1.807) is 32.2 Å². The summed E-state index contributed by atoms with van der Waals surface area (Å²) in [4.78, 5) is 12.1. The van der Waals surface area contributed by atoms with Crippen molar-refractivity contribution in [3.8, 4) is 11.5 Å². The van der Waals surface area contributed by atoms with E-state index in [-0.39, 0.29) is 6.03 Å². The number of carbonyl (C=O) groups excluding carboxylic acids is 1. The van der Waals surface area contributed by atoms with Crippen molar-refractivity contribution in [3.63, 3.8) is 0 Å². The van der Waals surface area contributed by atoms with E-state index in [9.17, 15) is 9.90 Å². The van der Waals surface area contributed by atoms with Gasteiger partial charge in [0, 0.05) is 12.1 Å². The summed E-state index contributed by atoms with van der Waals surface area (Å²) >= 11 is 0. The Bertz CT molecular complexity index is 691. The fourth-order valence-corrected chi connectivity index (χ4v) is 2.45. The molecule has 2 atom stereocenters. The first-order valence-electron chi connectivity index (χ1n) is 8.03. The third kappa shape index (κ3) is 5.12. The quantitative estimate of drug-likeness (QED) is 0.721. The number of aliphatic hydroxyl groups is 1. The van der Waals surface area contributed by atoms with Crippen LogP contribution in [0.15, 0.2) is 48.5 Å². The molecule has 0 spiro atoms. The zero-order valence-electron chi connectivity index (χ0n) is 14.7. The summed E-state index contributed by atoms with van der Waals surface area (Å²) in [5, 5.41) is 16.1. The standard InChI is InChI=1S/C19H24N2O4/c1-13(21-19(23)20-12-14-7-5-4-6-8-14)18(22)16-11-15(24-2)9-10-17(16)25-3/h4-11,13,18,22H,12H2,1-3H3,(H2,20,21,23). The van der Waals surface area contributed by atoms with Crippen LogP contribution in [-0.4, -0.2) is 31.4 Å². The first kappa shape index (κ1) is 18.6. The van der Waals surface area contributed by atoms with Crippen LogP contribution in [-0.2, 0) is 6.54 Å². The Balaban J connectivity index is 1.97. The van der Waals surface area contributed by atoms with Crippen LogP contribution in [0.3, 0.4) is 0 Å². The molecule has 0 aliphatic heterocycles. The maximum absolute atomic E-state index is 12.1. The lowest BCUT2D eigenvalue weighted by molar-refractivity contribution is 0.134. The van der Waals surface area contributed by atoms with Gasteiger partial charge in [-0.15, -0.1) is 0 Å². The number of methoxy groups -OCH3 is 2. The molecule has 2 unspecified atom stereocenters. The number of hydrogen-bond donors (Lipinski definition) is 3. The van der Waals surface area contributed by atoms with Gasteiger partial charge in [-0.2, -0.15) is 0 Å². The van der Waals surface area contributed by atoms with Gasteiger partial charge in [0.25, 0.3) is 0 Å². The van der Waals surface area contributed by atoms with E-state index in [1.165, 1.54) is 7.11 Å². The Morgan fingerprint density at radius 3 is 2.48 bits per heavy atom. The highest BCUT2D eigenvalue weighted by Crippen LogP contribution is 2.30. The molecule has 0 fully saturated rings. The highest BCUT2D eigenvalue weighted by Gasteiger charge is 2.22. The van der Waals surface area contributed by atoms with Gasteiger partial charge in [0.1, 0.15) is 17.6 Å². The van der Waals surface area contributed by atoms with Crippen molar-refractivity contribution in [2.75, 3.05) is 14.2 Å². The average Bonchev–Trinajstić information content (AvgIpc) is 2.66. The first-order chi connectivity index (χ1) is 12.0. The van der Waals surface area contributed by atoms with Gasteiger partial charge in [0.15, 0.2) is 0 Å². The lowest BCUT2D eigenvalue weighted by Gasteiger charge is -2.23. The molecule has 2 aromatic carbocycles. The number of hydrogen-bond acceptors (Lipinski definition) is 4. The van der Waals surface area contributed by atoms with E-state index in [2.05, 4.69) is 10.6 Å². The molecule has 6 nitrogen and oxygen atoms in total. The van der Waals surface area contributed by atoms with Crippen LogP contribution >= 0.6 is 0 Å². The zero-order chi connectivity index (χ0) is 18.2. The second-order valence-electron chi connectivity index (χ2n) is 5.65. The lowest BCUT2D eigenvalue weighted by atomic mass is 10.0. The van der Waals surface area contributed by atoms with E-state index in [0.717, 1.165) is 5.56 Å². The fourth-order valence-electron chi connectivity index (χ4n) is 2.45. The zero-order valence-corrected chi connectivity index (χ0v) is 14.7. The van der Waals surface area contributed by atoms with E-state index < -0.39 is 12.1 Å². The van der Waals surface area contributed by atoms with E-state index >= 15 is 0 Å². The third-order valence-corrected chi connectivity index (χ3v) is 3.88. The van der Waals surface area contributed by atoms with Crippen LogP contribution < -0.4 is 20.1 Å². The minimum absolute atomic E-state index is 0.350. The number of aliphatic hydroxyl groups excluding tert-OH is 1. The van der Waals surface area contributed by atoms with Crippen LogP contribution in [0.2, 0.25) is 0 Å². The maximum atomic E-state index is 12.1. The summed E-state index contributed by atoms with van der Waals surface area (Å²) in [7, 11) is 3.08. The van der Waals surface area contributed by atoms with Gasteiger partial charge >= 0.3 is 6.03 Å². The minimum Gasteiger partial charge on any atom is -0.497 e. The van der Waals surface area contributed by atoms with Crippen LogP contribution in [0.5, 0.6) is 11.5 Å². The van der Waals surface area contributed by atoms with E-state index in [4.69, 9.17) is 9.47 Å². The minimum atomic E-state index is -0.937. The lowest BCUT2D eigenvalue weighted by Crippen LogP contribution is -2.43. The fraction of sp³-hybridized carbons (Fsp3) is 0.316. The van der Waals surface area contributed by atoms with Crippen LogP contribution in [0.25, 0.3) is 0 Å². The van der Waals surface area contributed by atoms with Gasteiger partial charge in [-0.25, -0.2) is 4.79 Å². The number of carbonyl (C=O) groups is 1. The maximum Gasteiger partial charge on any atom is 0.315 e. The van der Waals surface area contributed by atoms with Gasteiger partial charge in [-0.05, 0) is 30.7 Å². The molecule has 0 aromatic heterocycles. The summed E-state index contributed by atoms with van der Waals surface area (Å²) in [5.74, 6) is 1.14. The number of amides is 2. The molecule has 0 aliphatic rings. The molecule has 0 radical (unpaired) electrons. The van der Waals surface area contributed by atoms with Crippen molar-refractivity contribution in [2.24, 2.45) is 0 Å². The molecule has 0 bridgehead atoms. The average molecular weight is 344 g/mol. The molecule has 0 saturated heterocycles. The summed E-state index contributed by atoms with van der Waals surface area (Å²) in [5.41, 5.74) is 1.55. The van der Waals surface area contributed by atoms with Gasteiger partial charge < -0.3 is 25.2 Å². The Labute approximate surface area is 147 Å². The van der Waals surface area contributed by atoms with Gasteiger partial charge in [0.2, 0.25) is 0 Å². The van der Waals surface area contributed by atoms with Gasteiger partial charge in [-0.3, -0.25) is 0 Å². The molecule has 2 aromatic rings. The number of benzene rings is 2. The highest BCUT2D eigenvalue weighted by molar-refractivity contribution is 5.74. The summed E-state index contributed by atoms with van der Waals surface area (Å²) < 4.78 is 10.5. The van der Waals surface area contributed by atoms with Crippen molar-refractivity contribution >= 4 is 6.03 Å². The summed E-state index contributed by atoms with van der Waals surface area (Å²) in [6, 6.07) is 13.9. The molecular formula is C19H24N2O4. The van der Waals surface area contributed by atoms with Crippen molar-refractivity contribution in [3.05, 3.63) is 59.7 Å². The third-order valence-electron chi connectivity index (χ3n) is 3.88.